The van der Waals surface area contributed by atoms with Gasteiger partial charge in [-0.05, 0) is 17.7 Å². The molecule has 0 unspecified atom stereocenters. The van der Waals surface area contributed by atoms with Crippen molar-refractivity contribution in [3.8, 4) is 0 Å². The van der Waals surface area contributed by atoms with Gasteiger partial charge in [0.2, 0.25) is 11.8 Å². The molecule has 0 atom stereocenters. The maximum Gasteiger partial charge on any atom is 0.237 e. The summed E-state index contributed by atoms with van der Waals surface area (Å²) in [7, 11) is 1.59. The van der Waals surface area contributed by atoms with Crippen molar-refractivity contribution in [1.82, 2.24) is 10.2 Å². The van der Waals surface area contributed by atoms with Gasteiger partial charge in [0.05, 0.1) is 19.7 Å². The van der Waals surface area contributed by atoms with E-state index in [9.17, 15) is 9.59 Å². The van der Waals surface area contributed by atoms with Crippen LogP contribution in [0.3, 0.4) is 0 Å². The molecule has 1 rings (SSSR count). The molecule has 0 radical (unpaired) electrons. The van der Waals surface area contributed by atoms with Crippen LogP contribution in [0.25, 0.3) is 0 Å². The molecule has 0 heterocycles. The van der Waals surface area contributed by atoms with Crippen LogP contribution in [0.5, 0.6) is 0 Å². The molecule has 6 nitrogen and oxygen atoms in total. The predicted octanol–water partition coefficient (Wildman–Crippen LogP) is 0.499. The van der Waals surface area contributed by atoms with E-state index in [1.54, 1.807) is 7.11 Å². The molecule has 0 spiro atoms. The number of ether oxygens (including phenoxy) is 1. The molecule has 0 saturated carbocycles. The van der Waals surface area contributed by atoms with E-state index in [0.717, 1.165) is 10.0 Å². The molecule has 0 aliphatic rings. The van der Waals surface area contributed by atoms with Crippen molar-refractivity contribution in [2.45, 2.75) is 6.54 Å². The third kappa shape index (κ3) is 7.22. The van der Waals surface area contributed by atoms with Crippen LogP contribution >= 0.6 is 15.9 Å². The van der Waals surface area contributed by atoms with E-state index in [1.807, 2.05) is 24.3 Å². The van der Waals surface area contributed by atoms with E-state index in [-0.39, 0.29) is 19.0 Å². The van der Waals surface area contributed by atoms with Crippen LogP contribution < -0.4 is 11.1 Å². The van der Waals surface area contributed by atoms with Crippen molar-refractivity contribution < 1.29 is 14.3 Å². The zero-order valence-electron chi connectivity index (χ0n) is 12.0. The third-order valence-electron chi connectivity index (χ3n) is 2.75. The van der Waals surface area contributed by atoms with Gasteiger partial charge >= 0.3 is 0 Å². The lowest BCUT2D eigenvalue weighted by Gasteiger charge is -2.21. The minimum absolute atomic E-state index is 0.0964. The highest BCUT2D eigenvalue weighted by molar-refractivity contribution is 9.10. The summed E-state index contributed by atoms with van der Waals surface area (Å²) in [6.45, 7) is 1.50. The molecule has 7 heteroatoms. The van der Waals surface area contributed by atoms with E-state index in [4.69, 9.17) is 10.5 Å². The number of hydrogen-bond donors (Lipinski definition) is 2. The minimum Gasteiger partial charge on any atom is -0.383 e. The number of amides is 2. The summed E-state index contributed by atoms with van der Waals surface area (Å²) in [5.74, 6) is -0.704. The highest BCUT2D eigenvalue weighted by Crippen LogP contribution is 2.12. The van der Waals surface area contributed by atoms with Gasteiger partial charge in [0, 0.05) is 24.7 Å². The van der Waals surface area contributed by atoms with Gasteiger partial charge in [-0.2, -0.15) is 0 Å². The SMILES string of the molecule is COCCNCC(=O)N(CC(N)=O)Cc1ccc(Br)cc1. The van der Waals surface area contributed by atoms with Gasteiger partial charge in [-0.25, -0.2) is 0 Å². The fourth-order valence-corrected chi connectivity index (χ4v) is 1.98. The molecule has 0 bridgehead atoms. The second kappa shape index (κ2) is 9.49. The standard InChI is InChI=1S/C14H20BrN3O3/c1-21-7-6-17-8-14(20)18(10-13(16)19)9-11-2-4-12(15)5-3-11/h2-5,17H,6-10H2,1H3,(H2,16,19). The molecule has 21 heavy (non-hydrogen) atoms. The Morgan fingerprint density at radius 1 is 1.33 bits per heavy atom. The predicted molar refractivity (Wildman–Crippen MR) is 83.5 cm³/mol. The molecule has 116 valence electrons. The fraction of sp³-hybridized carbons (Fsp3) is 0.429. The van der Waals surface area contributed by atoms with Crippen molar-refractivity contribution in [1.29, 1.82) is 0 Å². The maximum atomic E-state index is 12.1. The topological polar surface area (TPSA) is 84.7 Å². The quantitative estimate of drug-likeness (QED) is 0.630. The Morgan fingerprint density at radius 3 is 2.57 bits per heavy atom. The first kappa shape index (κ1) is 17.6. The molecule has 1 aromatic rings. The van der Waals surface area contributed by atoms with Crippen molar-refractivity contribution in [2.75, 3.05) is 33.4 Å². The fourth-order valence-electron chi connectivity index (χ4n) is 1.71. The smallest absolute Gasteiger partial charge is 0.237 e. The van der Waals surface area contributed by atoms with E-state index in [2.05, 4.69) is 21.2 Å². The molecule has 0 aromatic heterocycles. The summed E-state index contributed by atoms with van der Waals surface area (Å²) in [6, 6.07) is 7.56. The average Bonchev–Trinajstić information content (AvgIpc) is 2.44. The van der Waals surface area contributed by atoms with Gasteiger partial charge in [-0.1, -0.05) is 28.1 Å². The number of primary amides is 1. The van der Waals surface area contributed by atoms with Gasteiger partial charge in [0.15, 0.2) is 0 Å². The first-order chi connectivity index (χ1) is 10.0. The molecule has 1 aromatic carbocycles. The van der Waals surface area contributed by atoms with Crippen LogP contribution in [0.4, 0.5) is 0 Å². The molecule has 3 N–H and O–H groups in total. The van der Waals surface area contributed by atoms with Crippen LogP contribution in [0.1, 0.15) is 5.56 Å². The summed E-state index contributed by atoms with van der Waals surface area (Å²) >= 11 is 3.35. The highest BCUT2D eigenvalue weighted by Gasteiger charge is 2.15. The maximum absolute atomic E-state index is 12.1. The Kier molecular flexibility index (Phi) is 7.96. The summed E-state index contributed by atoms with van der Waals surface area (Å²) in [4.78, 5) is 24.7. The molecule has 0 saturated heterocycles. The van der Waals surface area contributed by atoms with E-state index in [0.29, 0.717) is 19.7 Å². The second-order valence-corrected chi connectivity index (χ2v) is 5.43. The number of halogens is 1. The monoisotopic (exact) mass is 357 g/mol. The number of hydrogen-bond acceptors (Lipinski definition) is 4. The summed E-state index contributed by atoms with van der Waals surface area (Å²) in [5.41, 5.74) is 6.14. The molecule has 0 fully saturated rings. The summed E-state index contributed by atoms with van der Waals surface area (Å²) in [5, 5.41) is 2.96. The zero-order chi connectivity index (χ0) is 15.7. The molecular weight excluding hydrogens is 338 g/mol. The first-order valence-corrected chi connectivity index (χ1v) is 7.32. The van der Waals surface area contributed by atoms with E-state index in [1.165, 1.54) is 4.90 Å². The summed E-state index contributed by atoms with van der Waals surface area (Å²) in [6.07, 6.45) is 0. The Bertz CT molecular complexity index is 465. The van der Waals surface area contributed by atoms with Crippen molar-refractivity contribution in [3.63, 3.8) is 0 Å². The molecule has 0 aliphatic heterocycles. The van der Waals surface area contributed by atoms with Crippen molar-refractivity contribution in [2.24, 2.45) is 5.73 Å². The van der Waals surface area contributed by atoms with Crippen LogP contribution in [0.2, 0.25) is 0 Å². The van der Waals surface area contributed by atoms with Gasteiger partial charge in [-0.3, -0.25) is 9.59 Å². The molecular formula is C14H20BrN3O3. The Balaban J connectivity index is 2.59. The number of methoxy groups -OCH3 is 1. The first-order valence-electron chi connectivity index (χ1n) is 6.53. The average molecular weight is 358 g/mol. The van der Waals surface area contributed by atoms with Crippen molar-refractivity contribution >= 4 is 27.7 Å². The normalized spacial score (nSPS) is 10.4. The lowest BCUT2D eigenvalue weighted by Crippen LogP contribution is -2.42. The third-order valence-corrected chi connectivity index (χ3v) is 3.27. The van der Waals surface area contributed by atoms with Gasteiger partial charge in [0.1, 0.15) is 0 Å². The number of nitrogens with one attached hydrogen (secondary N) is 1. The lowest BCUT2D eigenvalue weighted by molar-refractivity contribution is -0.135. The van der Waals surface area contributed by atoms with Gasteiger partial charge < -0.3 is 20.7 Å². The molecule has 2 amide bonds. The summed E-state index contributed by atoms with van der Waals surface area (Å²) < 4.78 is 5.85. The van der Waals surface area contributed by atoms with Gasteiger partial charge in [-0.15, -0.1) is 0 Å². The van der Waals surface area contributed by atoms with Crippen LogP contribution in [0, 0.1) is 0 Å². The number of rotatable bonds is 9. The van der Waals surface area contributed by atoms with Crippen LogP contribution in [0.15, 0.2) is 28.7 Å². The lowest BCUT2D eigenvalue weighted by atomic mass is 10.2. The number of nitrogens with zero attached hydrogens (tertiary/aromatic N) is 1. The van der Waals surface area contributed by atoms with E-state index < -0.39 is 5.91 Å². The molecule has 0 aliphatic carbocycles. The Hall–Kier alpha value is -1.44. The second-order valence-electron chi connectivity index (χ2n) is 4.51. The van der Waals surface area contributed by atoms with Crippen LogP contribution in [-0.4, -0.2) is 50.1 Å². The number of benzene rings is 1. The van der Waals surface area contributed by atoms with Gasteiger partial charge in [0.25, 0.3) is 0 Å². The van der Waals surface area contributed by atoms with Crippen LogP contribution in [-0.2, 0) is 20.9 Å². The Morgan fingerprint density at radius 2 is 2.00 bits per heavy atom. The minimum atomic E-state index is -0.530. The number of nitrogens with two attached hydrogens (primary N) is 1. The number of carbonyl (C=O) groups excluding carboxylic acids is 2. The largest absolute Gasteiger partial charge is 0.383 e. The highest BCUT2D eigenvalue weighted by atomic mass is 79.9. The van der Waals surface area contributed by atoms with E-state index >= 15 is 0 Å². The Labute approximate surface area is 132 Å². The zero-order valence-corrected chi connectivity index (χ0v) is 13.6. The number of carbonyl (C=O) groups is 2. The van der Waals surface area contributed by atoms with Crippen molar-refractivity contribution in [3.05, 3.63) is 34.3 Å².